The van der Waals surface area contributed by atoms with Crippen molar-refractivity contribution in [2.45, 2.75) is 42.8 Å². The molecule has 0 spiro atoms. The highest BCUT2D eigenvalue weighted by Crippen LogP contribution is 2.40. The zero-order chi connectivity index (χ0) is 32.5. The van der Waals surface area contributed by atoms with E-state index in [1.165, 1.54) is 33.5 Å². The summed E-state index contributed by atoms with van der Waals surface area (Å²) in [7, 11) is 0.565. The third-order valence-electron chi connectivity index (χ3n) is 8.15. The first-order chi connectivity index (χ1) is 21.4. The van der Waals surface area contributed by atoms with Gasteiger partial charge in [0.1, 0.15) is 6.04 Å². The number of amides is 3. The van der Waals surface area contributed by atoms with E-state index >= 15 is 0 Å². The van der Waals surface area contributed by atoms with Gasteiger partial charge in [-0.2, -0.15) is 0 Å². The first kappa shape index (κ1) is 31.6. The summed E-state index contributed by atoms with van der Waals surface area (Å²) in [5.74, 6) is 0.412. The van der Waals surface area contributed by atoms with Gasteiger partial charge in [-0.05, 0) is 78.9 Å². The average Bonchev–Trinajstić information content (AvgIpc) is 3.62. The summed E-state index contributed by atoms with van der Waals surface area (Å²) < 4.78 is 41.4. The third kappa shape index (κ3) is 6.39. The molecule has 3 aromatic rings. The van der Waals surface area contributed by atoms with Crippen LogP contribution in [0.3, 0.4) is 0 Å². The predicted octanol–water partition coefficient (Wildman–Crippen LogP) is 4.61. The molecule has 13 heteroatoms. The molecule has 1 unspecified atom stereocenters. The summed E-state index contributed by atoms with van der Waals surface area (Å²) in [6.07, 6.45) is 1.54. The minimum atomic E-state index is -3.69. The standard InChI is InChI=1S/C32H36N4O8S/c1-18-22-11-9-20(16-23(22)30(37)33-18)34-29(19-8-12-26(42-2)27(15-19)43-3)31(38)36-14-6-7-25(36)24-17-21(35-32(39)44-4)10-13-28(24)45(5,40)41/h8-13,15-18,25,29,34H,6-7,14H2,1-5H3,(H,33,37)(H,35,39)/t18?,25-,29-/m1/s1. The molecule has 12 nitrogen and oxygen atoms in total. The smallest absolute Gasteiger partial charge is 0.411 e. The highest BCUT2D eigenvalue weighted by molar-refractivity contribution is 7.90. The number of carbonyl (C=O) groups excluding carboxylic acids is 3. The van der Waals surface area contributed by atoms with Crippen LogP contribution in [0.15, 0.2) is 59.5 Å². The molecule has 2 heterocycles. The lowest BCUT2D eigenvalue weighted by atomic mass is 10.00. The van der Waals surface area contributed by atoms with Crippen molar-refractivity contribution in [3.63, 3.8) is 0 Å². The Morgan fingerprint density at radius 3 is 2.38 bits per heavy atom. The molecular formula is C32H36N4O8S. The van der Waals surface area contributed by atoms with Gasteiger partial charge in [0.2, 0.25) is 5.91 Å². The van der Waals surface area contributed by atoms with Gasteiger partial charge in [-0.25, -0.2) is 13.2 Å². The number of sulfone groups is 1. The van der Waals surface area contributed by atoms with Gasteiger partial charge in [0.15, 0.2) is 21.3 Å². The average molecular weight is 637 g/mol. The normalized spacial score (nSPS) is 18.1. The number of anilines is 2. The van der Waals surface area contributed by atoms with Crippen LogP contribution in [0.4, 0.5) is 16.2 Å². The van der Waals surface area contributed by atoms with Crippen LogP contribution in [0, 0.1) is 0 Å². The summed E-state index contributed by atoms with van der Waals surface area (Å²) in [6, 6.07) is 13.4. The Balaban J connectivity index is 1.57. The maximum Gasteiger partial charge on any atom is 0.411 e. The molecule has 2 aliphatic rings. The quantitative estimate of drug-likeness (QED) is 0.306. The fourth-order valence-corrected chi connectivity index (χ4v) is 6.91. The minimum absolute atomic E-state index is 0.0667. The van der Waals surface area contributed by atoms with E-state index in [4.69, 9.17) is 14.2 Å². The van der Waals surface area contributed by atoms with Crippen LogP contribution in [0.2, 0.25) is 0 Å². The zero-order valence-corrected chi connectivity index (χ0v) is 26.5. The van der Waals surface area contributed by atoms with E-state index < -0.39 is 28.0 Å². The van der Waals surface area contributed by atoms with Gasteiger partial charge in [-0.1, -0.05) is 12.1 Å². The topological polar surface area (TPSA) is 152 Å². The Morgan fingerprint density at radius 1 is 0.956 bits per heavy atom. The summed E-state index contributed by atoms with van der Waals surface area (Å²) in [6.45, 7) is 2.28. The van der Waals surface area contributed by atoms with Crippen molar-refractivity contribution >= 4 is 39.1 Å². The number of hydrogen-bond acceptors (Lipinski definition) is 9. The molecule has 238 valence electrons. The molecule has 0 aliphatic carbocycles. The van der Waals surface area contributed by atoms with Crippen molar-refractivity contribution < 1.29 is 37.0 Å². The highest BCUT2D eigenvalue weighted by Gasteiger charge is 2.38. The Kier molecular flexibility index (Phi) is 8.91. The second kappa shape index (κ2) is 12.7. The van der Waals surface area contributed by atoms with Gasteiger partial charge in [-0.15, -0.1) is 0 Å². The van der Waals surface area contributed by atoms with Gasteiger partial charge in [-0.3, -0.25) is 14.9 Å². The highest BCUT2D eigenvalue weighted by atomic mass is 32.2. The summed E-state index contributed by atoms with van der Waals surface area (Å²) in [5, 5.41) is 8.80. The van der Waals surface area contributed by atoms with Crippen molar-refractivity contribution in [3.05, 3.63) is 76.9 Å². The number of rotatable bonds is 9. The summed E-state index contributed by atoms with van der Waals surface area (Å²) in [5.41, 5.74) is 3.26. The molecule has 0 saturated carbocycles. The molecule has 2 aliphatic heterocycles. The van der Waals surface area contributed by atoms with E-state index in [0.717, 1.165) is 11.8 Å². The molecule has 5 rings (SSSR count). The van der Waals surface area contributed by atoms with Gasteiger partial charge < -0.3 is 29.7 Å². The lowest BCUT2D eigenvalue weighted by Gasteiger charge is -2.31. The number of benzene rings is 3. The van der Waals surface area contributed by atoms with Gasteiger partial charge >= 0.3 is 6.09 Å². The predicted molar refractivity (Wildman–Crippen MR) is 168 cm³/mol. The first-order valence-corrected chi connectivity index (χ1v) is 16.3. The molecule has 45 heavy (non-hydrogen) atoms. The molecular weight excluding hydrogens is 600 g/mol. The lowest BCUT2D eigenvalue weighted by Crippen LogP contribution is -2.38. The number of nitrogens with one attached hydrogen (secondary N) is 3. The molecule has 0 radical (unpaired) electrons. The molecule has 3 amide bonds. The lowest BCUT2D eigenvalue weighted by molar-refractivity contribution is -0.133. The zero-order valence-electron chi connectivity index (χ0n) is 25.7. The van der Waals surface area contributed by atoms with Gasteiger partial charge in [0.25, 0.3) is 5.91 Å². The van der Waals surface area contributed by atoms with Crippen molar-refractivity contribution in [3.8, 4) is 11.5 Å². The van der Waals surface area contributed by atoms with Crippen LogP contribution in [0.25, 0.3) is 0 Å². The van der Waals surface area contributed by atoms with Crippen molar-refractivity contribution in [2.24, 2.45) is 0 Å². The fraction of sp³-hybridized carbons (Fsp3) is 0.344. The van der Waals surface area contributed by atoms with E-state index in [1.807, 2.05) is 19.1 Å². The van der Waals surface area contributed by atoms with Crippen molar-refractivity contribution in [1.29, 1.82) is 0 Å². The maximum atomic E-state index is 14.6. The molecule has 3 N–H and O–H groups in total. The largest absolute Gasteiger partial charge is 0.493 e. The van der Waals surface area contributed by atoms with E-state index in [-0.39, 0.29) is 22.8 Å². The maximum absolute atomic E-state index is 14.6. The van der Waals surface area contributed by atoms with Gasteiger partial charge in [0, 0.05) is 29.7 Å². The molecule has 1 saturated heterocycles. The number of nitrogens with zero attached hydrogens (tertiary/aromatic N) is 1. The Hall–Kier alpha value is -4.78. The van der Waals surface area contributed by atoms with E-state index in [1.54, 1.807) is 35.2 Å². The van der Waals surface area contributed by atoms with E-state index in [0.29, 0.717) is 59.0 Å². The Labute approximate surface area is 262 Å². The number of likely N-dealkylation sites (tertiary alicyclic amines) is 1. The van der Waals surface area contributed by atoms with Crippen LogP contribution in [0.5, 0.6) is 11.5 Å². The number of ether oxygens (including phenoxy) is 3. The monoisotopic (exact) mass is 636 g/mol. The Morgan fingerprint density at radius 2 is 1.69 bits per heavy atom. The second-order valence-corrected chi connectivity index (χ2v) is 13.0. The molecule has 3 aromatic carbocycles. The van der Waals surface area contributed by atoms with Crippen LogP contribution >= 0.6 is 0 Å². The van der Waals surface area contributed by atoms with Crippen molar-refractivity contribution in [2.75, 3.05) is 44.8 Å². The van der Waals surface area contributed by atoms with E-state index in [2.05, 4.69) is 16.0 Å². The van der Waals surface area contributed by atoms with Crippen molar-refractivity contribution in [1.82, 2.24) is 10.2 Å². The van der Waals surface area contributed by atoms with Gasteiger partial charge in [0.05, 0.1) is 38.3 Å². The summed E-state index contributed by atoms with van der Waals surface area (Å²) >= 11 is 0. The van der Waals surface area contributed by atoms with Crippen LogP contribution in [-0.2, 0) is 19.4 Å². The molecule has 1 fully saturated rings. The molecule has 3 atom stereocenters. The van der Waals surface area contributed by atoms with Crippen LogP contribution in [-0.4, -0.2) is 65.4 Å². The number of hydrogen-bond donors (Lipinski definition) is 3. The number of fused-ring (bicyclic) bond motifs is 1. The van der Waals surface area contributed by atoms with Crippen LogP contribution < -0.4 is 25.4 Å². The number of methoxy groups -OCH3 is 3. The molecule has 0 bridgehead atoms. The van der Waals surface area contributed by atoms with E-state index in [9.17, 15) is 22.8 Å². The van der Waals surface area contributed by atoms with Crippen LogP contribution in [0.1, 0.15) is 64.9 Å². The second-order valence-electron chi connectivity index (χ2n) is 11.0. The SMILES string of the molecule is COC(=O)Nc1ccc(S(C)(=O)=O)c([C@H]2CCCN2C(=O)[C@H](Nc2ccc3c(c2)C(=O)NC3C)c2ccc(OC)c(OC)c2)c1. The first-order valence-electron chi connectivity index (χ1n) is 14.4. The summed E-state index contributed by atoms with van der Waals surface area (Å²) in [4.78, 5) is 40.8. The Bertz CT molecular complexity index is 1760. The minimum Gasteiger partial charge on any atom is -0.493 e. The fourth-order valence-electron chi connectivity index (χ4n) is 5.97. The number of carbonyl (C=O) groups is 3. The molecule has 0 aromatic heterocycles. The third-order valence-corrected chi connectivity index (χ3v) is 9.32.